The molecule has 1 aliphatic rings. The predicted octanol–water partition coefficient (Wildman–Crippen LogP) is 2.18. The molecule has 1 aromatic carbocycles. The highest BCUT2D eigenvalue weighted by atomic mass is 32.2. The van der Waals surface area contributed by atoms with E-state index in [9.17, 15) is 17.6 Å². The molecule has 8 heteroatoms. The molecule has 0 radical (unpaired) electrons. The summed E-state index contributed by atoms with van der Waals surface area (Å²) in [5.41, 5.74) is 0. The normalized spacial score (nSPS) is 19.2. The highest BCUT2D eigenvalue weighted by Crippen LogP contribution is 2.28. The number of likely N-dealkylation sites (tertiary alicyclic amines) is 1. The minimum absolute atomic E-state index is 0.103. The number of hydrogen-bond donors (Lipinski definition) is 1. The zero-order valence-corrected chi connectivity index (χ0v) is 14.0. The van der Waals surface area contributed by atoms with Crippen LogP contribution in [0.1, 0.15) is 22.5 Å². The van der Waals surface area contributed by atoms with E-state index in [0.29, 0.717) is 23.4 Å². The van der Waals surface area contributed by atoms with Crippen LogP contribution in [0.2, 0.25) is 0 Å². The molecule has 1 aliphatic heterocycles. The monoisotopic (exact) mass is 356 g/mol. The lowest BCUT2D eigenvalue weighted by Crippen LogP contribution is -2.42. The van der Waals surface area contributed by atoms with E-state index in [0.717, 1.165) is 17.5 Å². The fraction of sp³-hybridized carbons (Fsp3) is 0.400. The molecule has 2 N–H and O–H groups in total. The molecule has 1 amide bonds. The smallest absolute Gasteiger partial charge is 0.263 e. The van der Waals surface area contributed by atoms with Crippen molar-refractivity contribution in [2.24, 2.45) is 11.1 Å². The van der Waals surface area contributed by atoms with Crippen LogP contribution in [0.15, 0.2) is 24.3 Å². The second-order valence-corrected chi connectivity index (χ2v) is 8.62. The first-order valence-corrected chi connectivity index (χ1v) is 9.84. The third-order valence-electron chi connectivity index (χ3n) is 3.96. The Morgan fingerprint density at radius 2 is 2.17 bits per heavy atom. The molecular weight excluding hydrogens is 339 g/mol. The average Bonchev–Trinajstić information content (AvgIpc) is 2.88. The lowest BCUT2D eigenvalue weighted by molar-refractivity contribution is 0.0689. The summed E-state index contributed by atoms with van der Waals surface area (Å²) in [6.07, 6.45) is 1.50. The number of halogens is 1. The summed E-state index contributed by atoms with van der Waals surface area (Å²) >= 11 is 1.32. The van der Waals surface area contributed by atoms with Crippen molar-refractivity contribution in [3.8, 4) is 0 Å². The lowest BCUT2D eigenvalue weighted by atomic mass is 10.00. The molecule has 1 atom stereocenters. The average molecular weight is 356 g/mol. The summed E-state index contributed by atoms with van der Waals surface area (Å²) < 4.78 is 36.6. The van der Waals surface area contributed by atoms with Gasteiger partial charge in [0, 0.05) is 17.8 Å². The lowest BCUT2D eigenvalue weighted by Gasteiger charge is -2.32. The second-order valence-electron chi connectivity index (χ2n) is 5.88. The molecule has 2 heterocycles. The number of rotatable bonds is 3. The maximum absolute atomic E-state index is 13.3. The largest absolute Gasteiger partial charge is 0.338 e. The van der Waals surface area contributed by atoms with Crippen molar-refractivity contribution in [3.63, 3.8) is 0 Å². The number of carbonyl (C=O) groups is 1. The molecule has 2 aromatic rings. The van der Waals surface area contributed by atoms with Gasteiger partial charge in [0.2, 0.25) is 10.0 Å². The topological polar surface area (TPSA) is 80.5 Å². The minimum atomic E-state index is -3.54. The number of thiophene rings is 1. The van der Waals surface area contributed by atoms with Gasteiger partial charge >= 0.3 is 0 Å². The predicted molar refractivity (Wildman–Crippen MR) is 88.4 cm³/mol. The van der Waals surface area contributed by atoms with Gasteiger partial charge in [0.1, 0.15) is 5.82 Å². The molecule has 0 aliphatic carbocycles. The van der Waals surface area contributed by atoms with Crippen LogP contribution >= 0.6 is 11.3 Å². The quantitative estimate of drug-likeness (QED) is 0.915. The van der Waals surface area contributed by atoms with E-state index in [1.165, 1.54) is 23.5 Å². The highest BCUT2D eigenvalue weighted by Gasteiger charge is 2.27. The summed E-state index contributed by atoms with van der Waals surface area (Å²) in [5, 5.41) is 5.80. The Bertz CT molecular complexity index is 848. The second kappa shape index (κ2) is 6.18. The standard InChI is InChI=1S/C15H17FN2O3S2/c16-12-3-4-13-11(6-12)7-14(22-13)15(19)18-5-1-2-10(8-18)9-23(17,20)21/h3-4,6-7,10H,1-2,5,8-9H2,(H2,17,20,21). The third kappa shape index (κ3) is 3.88. The van der Waals surface area contributed by atoms with E-state index in [1.54, 1.807) is 17.0 Å². The minimum Gasteiger partial charge on any atom is -0.338 e. The van der Waals surface area contributed by atoms with Crippen molar-refractivity contribution in [1.82, 2.24) is 4.90 Å². The van der Waals surface area contributed by atoms with Crippen LogP contribution in [-0.4, -0.2) is 38.1 Å². The molecule has 1 aromatic heterocycles. The molecular formula is C15H17FN2O3S2. The zero-order chi connectivity index (χ0) is 16.6. The first-order chi connectivity index (χ1) is 10.8. The number of nitrogens with two attached hydrogens (primary N) is 1. The fourth-order valence-corrected chi connectivity index (χ4v) is 4.93. The number of nitrogens with zero attached hydrogens (tertiary/aromatic N) is 1. The van der Waals surface area contributed by atoms with E-state index in [2.05, 4.69) is 0 Å². The number of sulfonamides is 1. The summed E-state index contributed by atoms with van der Waals surface area (Å²) in [6.45, 7) is 0.987. The Kier molecular flexibility index (Phi) is 4.39. The van der Waals surface area contributed by atoms with Gasteiger partial charge < -0.3 is 4.90 Å². The SMILES string of the molecule is NS(=O)(=O)CC1CCCN(C(=O)c2cc3cc(F)ccc3s2)C1. The van der Waals surface area contributed by atoms with E-state index in [1.807, 2.05) is 0 Å². The number of piperidine rings is 1. The van der Waals surface area contributed by atoms with Crippen LogP contribution in [0.4, 0.5) is 4.39 Å². The molecule has 1 fully saturated rings. The third-order valence-corrected chi connectivity index (χ3v) is 6.00. The van der Waals surface area contributed by atoms with Crippen LogP contribution in [0.3, 0.4) is 0 Å². The molecule has 124 valence electrons. The van der Waals surface area contributed by atoms with E-state index >= 15 is 0 Å². The van der Waals surface area contributed by atoms with E-state index in [-0.39, 0.29) is 23.4 Å². The van der Waals surface area contributed by atoms with Gasteiger partial charge in [-0.3, -0.25) is 4.79 Å². The van der Waals surface area contributed by atoms with Gasteiger partial charge in [0.15, 0.2) is 0 Å². The zero-order valence-electron chi connectivity index (χ0n) is 12.4. The fourth-order valence-electron chi connectivity index (χ4n) is 2.99. The Hall–Kier alpha value is -1.51. The summed E-state index contributed by atoms with van der Waals surface area (Å²) in [6, 6.07) is 6.12. The van der Waals surface area contributed by atoms with Gasteiger partial charge in [-0.1, -0.05) is 0 Å². The molecule has 23 heavy (non-hydrogen) atoms. The van der Waals surface area contributed by atoms with Crippen molar-refractivity contribution < 1.29 is 17.6 Å². The maximum Gasteiger partial charge on any atom is 0.263 e. The van der Waals surface area contributed by atoms with Crippen molar-refractivity contribution in [2.75, 3.05) is 18.8 Å². The van der Waals surface area contributed by atoms with Crippen LogP contribution in [0.5, 0.6) is 0 Å². The Morgan fingerprint density at radius 3 is 2.91 bits per heavy atom. The number of primary sulfonamides is 1. The van der Waals surface area contributed by atoms with Crippen molar-refractivity contribution in [3.05, 3.63) is 35.0 Å². The van der Waals surface area contributed by atoms with Gasteiger partial charge in [-0.25, -0.2) is 17.9 Å². The van der Waals surface area contributed by atoms with Gasteiger partial charge in [0.25, 0.3) is 5.91 Å². The molecule has 1 unspecified atom stereocenters. The van der Waals surface area contributed by atoms with Crippen LogP contribution in [-0.2, 0) is 10.0 Å². The maximum atomic E-state index is 13.3. The number of fused-ring (bicyclic) bond motifs is 1. The molecule has 5 nitrogen and oxygen atoms in total. The number of benzene rings is 1. The first kappa shape index (κ1) is 16.4. The van der Waals surface area contributed by atoms with Gasteiger partial charge in [0.05, 0.1) is 10.6 Å². The van der Waals surface area contributed by atoms with Crippen LogP contribution in [0.25, 0.3) is 10.1 Å². The van der Waals surface area contributed by atoms with Crippen molar-refractivity contribution in [2.45, 2.75) is 12.8 Å². The molecule has 0 bridgehead atoms. The number of hydrogen-bond acceptors (Lipinski definition) is 4. The van der Waals surface area contributed by atoms with Crippen molar-refractivity contribution >= 4 is 37.4 Å². The summed E-state index contributed by atoms with van der Waals surface area (Å²) in [4.78, 5) is 14.8. The summed E-state index contributed by atoms with van der Waals surface area (Å²) in [5.74, 6) is -0.699. The summed E-state index contributed by atoms with van der Waals surface area (Å²) in [7, 11) is -3.54. The first-order valence-electron chi connectivity index (χ1n) is 7.31. The Balaban J connectivity index is 1.78. The highest BCUT2D eigenvalue weighted by molar-refractivity contribution is 7.89. The van der Waals surface area contributed by atoms with Crippen LogP contribution in [0, 0.1) is 11.7 Å². The molecule has 3 rings (SSSR count). The van der Waals surface area contributed by atoms with Crippen molar-refractivity contribution in [1.29, 1.82) is 0 Å². The van der Waals surface area contributed by atoms with Gasteiger partial charge in [-0.15, -0.1) is 11.3 Å². The molecule has 0 spiro atoms. The van der Waals surface area contributed by atoms with Crippen LogP contribution < -0.4 is 5.14 Å². The molecule has 0 saturated carbocycles. The number of carbonyl (C=O) groups excluding carboxylic acids is 1. The van der Waals surface area contributed by atoms with E-state index < -0.39 is 10.0 Å². The number of amides is 1. The van der Waals surface area contributed by atoms with Gasteiger partial charge in [-0.2, -0.15) is 0 Å². The molecule has 1 saturated heterocycles. The Morgan fingerprint density at radius 1 is 1.39 bits per heavy atom. The van der Waals surface area contributed by atoms with E-state index in [4.69, 9.17) is 5.14 Å². The Labute approximate surface area is 137 Å². The van der Waals surface area contributed by atoms with Gasteiger partial charge in [-0.05, 0) is 48.4 Å².